The van der Waals surface area contributed by atoms with Gasteiger partial charge in [-0.15, -0.1) is 0 Å². The van der Waals surface area contributed by atoms with Crippen LogP contribution in [0, 0.1) is 6.92 Å². The summed E-state index contributed by atoms with van der Waals surface area (Å²) in [5, 5.41) is 15.5. The van der Waals surface area contributed by atoms with Crippen LogP contribution in [0.1, 0.15) is 12.5 Å². The number of rotatable bonds is 5. The number of aryl methyl sites for hydroxylation is 1. The highest BCUT2D eigenvalue weighted by Gasteiger charge is 2.21. The second-order valence-corrected chi connectivity index (χ2v) is 5.41. The molecular weight excluding hydrogens is 242 g/mol. The van der Waals surface area contributed by atoms with Crippen LogP contribution < -0.4 is 10.6 Å². The van der Waals surface area contributed by atoms with Gasteiger partial charge in [0.1, 0.15) is 0 Å². The third-order valence-corrected chi connectivity index (χ3v) is 2.56. The lowest BCUT2D eigenvalue weighted by atomic mass is 10.1. The molecule has 3 N–H and O–H groups in total. The highest BCUT2D eigenvalue weighted by molar-refractivity contribution is 5.89. The molecule has 0 heterocycles. The quantitative estimate of drug-likeness (QED) is 0.754. The molecule has 5 nitrogen and oxygen atoms in total. The molecule has 0 fully saturated rings. The minimum atomic E-state index is -0.951. The fraction of sp³-hybridized carbons (Fsp3) is 0.500. The first kappa shape index (κ1) is 15.5. The number of carbonyl (C=O) groups excluding carboxylic acids is 1. The van der Waals surface area contributed by atoms with Crippen LogP contribution in [0.3, 0.4) is 0 Å². The lowest BCUT2D eigenvalue weighted by Gasteiger charge is -2.27. The third-order valence-electron chi connectivity index (χ3n) is 2.56. The smallest absolute Gasteiger partial charge is 0.319 e. The number of carbonyl (C=O) groups is 1. The number of nitrogens with one attached hydrogen (secondary N) is 2. The Hall–Kier alpha value is -1.59. The van der Waals surface area contributed by atoms with Gasteiger partial charge >= 0.3 is 6.03 Å². The zero-order valence-corrected chi connectivity index (χ0v) is 12.0. The van der Waals surface area contributed by atoms with Gasteiger partial charge in [0.2, 0.25) is 0 Å². The minimum Gasteiger partial charge on any atom is -0.387 e. The number of hydrogen-bond acceptors (Lipinski definition) is 3. The van der Waals surface area contributed by atoms with E-state index >= 15 is 0 Å². The van der Waals surface area contributed by atoms with Crippen molar-refractivity contribution in [1.82, 2.24) is 10.2 Å². The number of urea groups is 1. The lowest BCUT2D eigenvalue weighted by Crippen LogP contribution is -2.48. The molecule has 0 aromatic heterocycles. The Bertz CT molecular complexity index is 430. The predicted molar refractivity (Wildman–Crippen MR) is 77.4 cm³/mol. The zero-order valence-electron chi connectivity index (χ0n) is 12.0. The second-order valence-electron chi connectivity index (χ2n) is 5.41. The van der Waals surface area contributed by atoms with Crippen LogP contribution in [0.5, 0.6) is 0 Å². The van der Waals surface area contributed by atoms with Crippen molar-refractivity contribution in [2.45, 2.75) is 19.4 Å². The van der Waals surface area contributed by atoms with E-state index in [1.54, 1.807) is 6.92 Å². The van der Waals surface area contributed by atoms with Gasteiger partial charge in [0, 0.05) is 18.8 Å². The molecule has 1 aromatic rings. The van der Waals surface area contributed by atoms with Crippen molar-refractivity contribution in [3.63, 3.8) is 0 Å². The van der Waals surface area contributed by atoms with Gasteiger partial charge < -0.3 is 20.6 Å². The first-order valence-electron chi connectivity index (χ1n) is 6.27. The molecule has 0 spiro atoms. The second kappa shape index (κ2) is 6.54. The fourth-order valence-corrected chi connectivity index (χ4v) is 1.91. The van der Waals surface area contributed by atoms with Gasteiger partial charge in [-0.25, -0.2) is 4.79 Å². The van der Waals surface area contributed by atoms with E-state index in [0.717, 1.165) is 11.3 Å². The summed E-state index contributed by atoms with van der Waals surface area (Å²) in [4.78, 5) is 13.6. The lowest BCUT2D eigenvalue weighted by molar-refractivity contribution is 0.0364. The summed E-state index contributed by atoms with van der Waals surface area (Å²) in [6.07, 6.45) is 0. The molecule has 0 bridgehead atoms. The summed E-state index contributed by atoms with van der Waals surface area (Å²) in [5.41, 5.74) is 0.870. The van der Waals surface area contributed by atoms with E-state index in [1.165, 1.54) is 0 Å². The van der Waals surface area contributed by atoms with Crippen molar-refractivity contribution < 1.29 is 9.90 Å². The number of likely N-dealkylation sites (N-methyl/N-ethyl adjacent to an activating group) is 1. The van der Waals surface area contributed by atoms with Crippen LogP contribution in [-0.4, -0.2) is 48.8 Å². The summed E-state index contributed by atoms with van der Waals surface area (Å²) in [5.74, 6) is 0. The summed E-state index contributed by atoms with van der Waals surface area (Å²) in [6.45, 7) is 4.34. The third kappa shape index (κ3) is 6.22. The first-order valence-corrected chi connectivity index (χ1v) is 6.27. The largest absolute Gasteiger partial charge is 0.387 e. The number of benzene rings is 1. The molecule has 1 atom stereocenters. The Morgan fingerprint density at radius 2 is 2.11 bits per heavy atom. The Kier molecular flexibility index (Phi) is 5.32. The molecule has 0 saturated heterocycles. The van der Waals surface area contributed by atoms with E-state index in [4.69, 9.17) is 0 Å². The highest BCUT2D eigenvalue weighted by Crippen LogP contribution is 2.09. The van der Waals surface area contributed by atoms with E-state index in [2.05, 4.69) is 10.6 Å². The normalized spacial score (nSPS) is 14.0. The Balaban J connectivity index is 2.44. The maximum Gasteiger partial charge on any atom is 0.319 e. The average molecular weight is 265 g/mol. The highest BCUT2D eigenvalue weighted by atomic mass is 16.3. The van der Waals surface area contributed by atoms with E-state index < -0.39 is 5.60 Å². The molecule has 106 valence electrons. The number of nitrogens with zero attached hydrogens (tertiary/aromatic N) is 1. The molecule has 1 unspecified atom stereocenters. The molecule has 19 heavy (non-hydrogen) atoms. The SMILES string of the molecule is Cc1cccc(NC(=O)NCC(C)(O)CN(C)C)c1. The summed E-state index contributed by atoms with van der Waals surface area (Å²) in [6, 6.07) is 7.24. The first-order chi connectivity index (χ1) is 8.78. The Morgan fingerprint density at radius 1 is 1.42 bits per heavy atom. The standard InChI is InChI=1S/C14H23N3O2/c1-11-6-5-7-12(8-11)16-13(18)15-9-14(2,19)10-17(3)4/h5-8,19H,9-10H2,1-4H3,(H2,15,16,18). The molecule has 1 aromatic carbocycles. The maximum absolute atomic E-state index is 11.7. The Morgan fingerprint density at radius 3 is 2.68 bits per heavy atom. The van der Waals surface area contributed by atoms with Crippen LogP contribution in [0.4, 0.5) is 10.5 Å². The molecule has 0 saturated carbocycles. The van der Waals surface area contributed by atoms with Gasteiger partial charge in [-0.2, -0.15) is 0 Å². The topological polar surface area (TPSA) is 64.6 Å². The number of aliphatic hydroxyl groups is 1. The van der Waals surface area contributed by atoms with E-state index in [1.807, 2.05) is 50.2 Å². The van der Waals surface area contributed by atoms with Crippen LogP contribution >= 0.6 is 0 Å². The van der Waals surface area contributed by atoms with Crippen molar-refractivity contribution in [1.29, 1.82) is 0 Å². The molecule has 0 radical (unpaired) electrons. The molecule has 1 rings (SSSR count). The van der Waals surface area contributed by atoms with Gasteiger partial charge in [-0.05, 0) is 45.6 Å². The van der Waals surface area contributed by atoms with Crippen LogP contribution in [0.25, 0.3) is 0 Å². The van der Waals surface area contributed by atoms with E-state index in [9.17, 15) is 9.90 Å². The summed E-state index contributed by atoms with van der Waals surface area (Å²) in [7, 11) is 3.75. The molecule has 0 aliphatic heterocycles. The predicted octanol–water partition coefficient (Wildman–Crippen LogP) is 1.43. The van der Waals surface area contributed by atoms with Gasteiger partial charge in [0.05, 0.1) is 5.60 Å². The number of anilines is 1. The average Bonchev–Trinajstić information content (AvgIpc) is 2.25. The molecule has 5 heteroatoms. The molecule has 0 aliphatic carbocycles. The van der Waals surface area contributed by atoms with Gasteiger partial charge in [-0.3, -0.25) is 0 Å². The monoisotopic (exact) mass is 265 g/mol. The molecule has 2 amide bonds. The molecular formula is C14H23N3O2. The van der Waals surface area contributed by atoms with Gasteiger partial charge in [-0.1, -0.05) is 12.1 Å². The fourth-order valence-electron chi connectivity index (χ4n) is 1.91. The minimum absolute atomic E-state index is 0.197. The van der Waals surface area contributed by atoms with Crippen molar-refractivity contribution in [3.8, 4) is 0 Å². The summed E-state index contributed by atoms with van der Waals surface area (Å²) < 4.78 is 0. The van der Waals surface area contributed by atoms with Gasteiger partial charge in [0.25, 0.3) is 0 Å². The Labute approximate surface area is 114 Å². The number of amides is 2. The zero-order chi connectivity index (χ0) is 14.5. The van der Waals surface area contributed by atoms with Gasteiger partial charge in [0.15, 0.2) is 0 Å². The van der Waals surface area contributed by atoms with E-state index in [-0.39, 0.29) is 12.6 Å². The maximum atomic E-state index is 11.7. The molecule has 0 aliphatic rings. The van der Waals surface area contributed by atoms with Crippen molar-refractivity contribution in [3.05, 3.63) is 29.8 Å². The van der Waals surface area contributed by atoms with Crippen LogP contribution in [0.2, 0.25) is 0 Å². The van der Waals surface area contributed by atoms with Crippen molar-refractivity contribution >= 4 is 11.7 Å². The van der Waals surface area contributed by atoms with Crippen LogP contribution in [-0.2, 0) is 0 Å². The van der Waals surface area contributed by atoms with Crippen molar-refractivity contribution in [2.75, 3.05) is 32.5 Å². The summed E-state index contributed by atoms with van der Waals surface area (Å²) >= 11 is 0. The van der Waals surface area contributed by atoms with E-state index in [0.29, 0.717) is 6.54 Å². The van der Waals surface area contributed by atoms with Crippen molar-refractivity contribution in [2.24, 2.45) is 0 Å². The number of hydrogen-bond donors (Lipinski definition) is 3. The van der Waals surface area contributed by atoms with Crippen LogP contribution in [0.15, 0.2) is 24.3 Å².